The molecule has 108 valence electrons. The summed E-state index contributed by atoms with van der Waals surface area (Å²) in [5.74, 6) is 5.27. The number of nitrogens with one attached hydrogen (secondary N) is 1. The molecule has 2 rings (SSSR count). The normalized spacial score (nSPS) is 9.81. The number of thiophene rings is 1. The first kappa shape index (κ1) is 15.8. The maximum atomic E-state index is 12.0. The maximum absolute atomic E-state index is 12.0. The van der Waals surface area contributed by atoms with Crippen molar-refractivity contribution in [1.82, 2.24) is 5.32 Å². The number of phenolic OH excluding ortho intramolecular Hbond substituents is 1. The molecule has 3 N–H and O–H groups in total. The van der Waals surface area contributed by atoms with Crippen LogP contribution in [0.4, 0.5) is 0 Å². The molecule has 0 unspecified atom stereocenters. The SMILES string of the molecule is O=C(NCc1sccc1C#CCO)c1ccc(I)c(O)c1. The lowest BCUT2D eigenvalue weighted by Crippen LogP contribution is -2.22. The van der Waals surface area contributed by atoms with Crippen LogP contribution in [0.5, 0.6) is 5.75 Å². The number of benzene rings is 1. The van der Waals surface area contributed by atoms with E-state index in [1.165, 1.54) is 17.4 Å². The molecule has 0 fully saturated rings. The molecule has 0 bridgehead atoms. The average Bonchev–Trinajstić information content (AvgIpc) is 2.92. The van der Waals surface area contributed by atoms with Gasteiger partial charge in [-0.2, -0.15) is 0 Å². The summed E-state index contributed by atoms with van der Waals surface area (Å²) in [7, 11) is 0. The Bertz CT molecular complexity index is 715. The Hall–Kier alpha value is -1.56. The lowest BCUT2D eigenvalue weighted by Gasteiger charge is -2.05. The minimum absolute atomic E-state index is 0.0916. The van der Waals surface area contributed by atoms with E-state index in [9.17, 15) is 9.90 Å². The van der Waals surface area contributed by atoms with Gasteiger partial charge >= 0.3 is 0 Å². The van der Waals surface area contributed by atoms with Crippen LogP contribution in [-0.2, 0) is 6.54 Å². The molecule has 1 heterocycles. The lowest BCUT2D eigenvalue weighted by molar-refractivity contribution is 0.0951. The van der Waals surface area contributed by atoms with Crippen LogP contribution in [0.2, 0.25) is 0 Å². The van der Waals surface area contributed by atoms with E-state index >= 15 is 0 Å². The third-order valence-corrected chi connectivity index (χ3v) is 4.50. The molecule has 0 atom stereocenters. The standard InChI is InChI=1S/C15H12INO3S/c16-12-4-3-11(8-13(12)19)15(20)17-9-14-10(2-1-6-18)5-7-21-14/h3-5,7-8,18-19H,6,9H2,(H,17,20). The largest absolute Gasteiger partial charge is 0.507 e. The number of halogens is 1. The van der Waals surface area contributed by atoms with E-state index in [4.69, 9.17) is 5.11 Å². The van der Waals surface area contributed by atoms with Crippen molar-refractivity contribution in [3.05, 3.63) is 49.2 Å². The number of aliphatic hydroxyl groups is 1. The van der Waals surface area contributed by atoms with Gasteiger partial charge in [-0.3, -0.25) is 4.79 Å². The average molecular weight is 413 g/mol. The molecule has 21 heavy (non-hydrogen) atoms. The summed E-state index contributed by atoms with van der Waals surface area (Å²) < 4.78 is 0.698. The molecule has 0 saturated heterocycles. The number of carbonyl (C=O) groups excluding carboxylic acids is 1. The minimum Gasteiger partial charge on any atom is -0.507 e. The van der Waals surface area contributed by atoms with E-state index in [1.807, 2.05) is 34.0 Å². The summed E-state index contributed by atoms with van der Waals surface area (Å²) in [6, 6.07) is 6.65. The number of hydrogen-bond donors (Lipinski definition) is 3. The first-order chi connectivity index (χ1) is 10.1. The molecule has 0 spiro atoms. The van der Waals surface area contributed by atoms with Crippen molar-refractivity contribution < 1.29 is 15.0 Å². The zero-order chi connectivity index (χ0) is 15.2. The molecule has 0 saturated carbocycles. The highest BCUT2D eigenvalue weighted by molar-refractivity contribution is 14.1. The molecular formula is C15H12INO3S. The number of rotatable bonds is 3. The van der Waals surface area contributed by atoms with E-state index in [1.54, 1.807) is 12.1 Å². The molecule has 1 aromatic carbocycles. The Labute approximate surface area is 140 Å². The van der Waals surface area contributed by atoms with E-state index in [0.29, 0.717) is 15.7 Å². The Balaban J connectivity index is 2.04. The Kier molecular flexibility index (Phi) is 5.61. The van der Waals surface area contributed by atoms with Crippen molar-refractivity contribution in [1.29, 1.82) is 0 Å². The van der Waals surface area contributed by atoms with E-state index < -0.39 is 0 Å². The van der Waals surface area contributed by atoms with E-state index in [-0.39, 0.29) is 18.3 Å². The van der Waals surface area contributed by atoms with Crippen LogP contribution >= 0.6 is 33.9 Å². The molecule has 4 nitrogen and oxygen atoms in total. The molecule has 1 aromatic heterocycles. The lowest BCUT2D eigenvalue weighted by atomic mass is 10.2. The van der Waals surface area contributed by atoms with Crippen LogP contribution < -0.4 is 5.32 Å². The fraction of sp³-hybridized carbons (Fsp3) is 0.133. The second-order valence-electron chi connectivity index (χ2n) is 4.07. The number of hydrogen-bond acceptors (Lipinski definition) is 4. The van der Waals surface area contributed by atoms with Crippen molar-refractivity contribution >= 4 is 39.8 Å². The third-order valence-electron chi connectivity index (χ3n) is 2.67. The van der Waals surface area contributed by atoms with Gasteiger partial charge in [0.2, 0.25) is 0 Å². The van der Waals surface area contributed by atoms with Crippen LogP contribution in [0.3, 0.4) is 0 Å². The van der Waals surface area contributed by atoms with Crippen molar-refractivity contribution in [2.45, 2.75) is 6.54 Å². The number of aliphatic hydroxyl groups excluding tert-OH is 1. The van der Waals surface area contributed by atoms with Crippen molar-refractivity contribution in [2.24, 2.45) is 0 Å². The van der Waals surface area contributed by atoms with Crippen LogP contribution in [0.25, 0.3) is 0 Å². The first-order valence-corrected chi connectivity index (χ1v) is 8.00. The number of amides is 1. The summed E-state index contributed by atoms with van der Waals surface area (Å²) >= 11 is 3.49. The molecule has 6 heteroatoms. The zero-order valence-corrected chi connectivity index (χ0v) is 13.9. The predicted molar refractivity (Wildman–Crippen MR) is 90.3 cm³/mol. The summed E-state index contributed by atoms with van der Waals surface area (Å²) in [6.07, 6.45) is 0. The van der Waals surface area contributed by atoms with Crippen molar-refractivity contribution in [3.8, 4) is 17.6 Å². The zero-order valence-electron chi connectivity index (χ0n) is 10.9. The predicted octanol–water partition coefficient (Wildman–Crippen LogP) is 2.33. The molecule has 0 aliphatic carbocycles. The van der Waals surface area contributed by atoms with Gasteiger partial charge < -0.3 is 15.5 Å². The highest BCUT2D eigenvalue weighted by Crippen LogP contribution is 2.21. The third kappa shape index (κ3) is 4.20. The molecule has 0 aliphatic rings. The first-order valence-electron chi connectivity index (χ1n) is 6.04. The highest BCUT2D eigenvalue weighted by Gasteiger charge is 2.09. The minimum atomic E-state index is -0.254. The Morgan fingerprint density at radius 3 is 2.90 bits per heavy atom. The highest BCUT2D eigenvalue weighted by atomic mass is 127. The number of phenols is 1. The summed E-state index contributed by atoms with van der Waals surface area (Å²) in [5, 5.41) is 23.0. The molecule has 0 radical (unpaired) electrons. The van der Waals surface area contributed by atoms with Gasteiger partial charge in [-0.1, -0.05) is 11.8 Å². The van der Waals surface area contributed by atoms with Crippen LogP contribution in [0, 0.1) is 15.4 Å². The maximum Gasteiger partial charge on any atom is 0.251 e. The molecule has 0 aliphatic heterocycles. The fourth-order valence-electron chi connectivity index (χ4n) is 1.64. The van der Waals surface area contributed by atoms with Crippen LogP contribution in [-0.4, -0.2) is 22.7 Å². The van der Waals surface area contributed by atoms with Gasteiger partial charge in [0.1, 0.15) is 12.4 Å². The molecule has 2 aromatic rings. The quantitative estimate of drug-likeness (QED) is 0.535. The Morgan fingerprint density at radius 1 is 1.38 bits per heavy atom. The summed E-state index contributed by atoms with van der Waals surface area (Å²) in [4.78, 5) is 13.0. The Morgan fingerprint density at radius 2 is 2.19 bits per heavy atom. The van der Waals surface area contributed by atoms with Crippen LogP contribution in [0.1, 0.15) is 20.8 Å². The fourth-order valence-corrected chi connectivity index (χ4v) is 2.75. The van der Waals surface area contributed by atoms with Gasteiger partial charge in [0.15, 0.2) is 0 Å². The van der Waals surface area contributed by atoms with Gasteiger partial charge in [-0.25, -0.2) is 0 Å². The number of aromatic hydroxyl groups is 1. The van der Waals surface area contributed by atoms with Gasteiger partial charge in [0.25, 0.3) is 5.91 Å². The molecular weight excluding hydrogens is 401 g/mol. The van der Waals surface area contributed by atoms with Gasteiger partial charge in [-0.15, -0.1) is 11.3 Å². The van der Waals surface area contributed by atoms with Crippen LogP contribution in [0.15, 0.2) is 29.6 Å². The summed E-state index contributed by atoms with van der Waals surface area (Å²) in [5.41, 5.74) is 1.22. The van der Waals surface area contributed by atoms with E-state index in [0.717, 1.165) is 10.4 Å². The molecule has 1 amide bonds. The second-order valence-corrected chi connectivity index (χ2v) is 6.23. The monoisotopic (exact) mass is 413 g/mol. The second kappa shape index (κ2) is 7.45. The smallest absolute Gasteiger partial charge is 0.251 e. The summed E-state index contributed by atoms with van der Waals surface area (Å²) in [6.45, 7) is 0.169. The van der Waals surface area contributed by atoms with E-state index in [2.05, 4.69) is 17.2 Å². The number of carbonyl (C=O) groups is 1. The van der Waals surface area contributed by atoms with Gasteiger partial charge in [-0.05, 0) is 52.2 Å². The van der Waals surface area contributed by atoms with Crippen molar-refractivity contribution in [3.63, 3.8) is 0 Å². The van der Waals surface area contributed by atoms with Gasteiger partial charge in [0, 0.05) is 16.0 Å². The topological polar surface area (TPSA) is 69.6 Å². The van der Waals surface area contributed by atoms with Crippen molar-refractivity contribution in [2.75, 3.05) is 6.61 Å². The van der Waals surface area contributed by atoms with Gasteiger partial charge in [0.05, 0.1) is 10.1 Å².